The third-order valence-electron chi connectivity index (χ3n) is 1.46. The summed E-state index contributed by atoms with van der Waals surface area (Å²) in [4.78, 5) is 0. The van der Waals surface area contributed by atoms with Gasteiger partial charge in [0.05, 0.1) is 0 Å². The minimum atomic E-state index is -6.78. The predicted octanol–water partition coefficient (Wildman–Crippen LogP) is 1.93. The maximum atomic E-state index is 12.2. The smallest absolute Gasteiger partial charge is 0.202 e. The first-order valence-electron chi connectivity index (χ1n) is 3.99. The summed E-state index contributed by atoms with van der Waals surface area (Å²) in [6, 6.07) is 0. The predicted molar refractivity (Wildman–Crippen MR) is 55.1 cm³/mol. The summed E-state index contributed by atoms with van der Waals surface area (Å²) in [6.45, 7) is 0.974. The highest BCUT2D eigenvalue weighted by molar-refractivity contribution is 8.07. The van der Waals surface area contributed by atoms with Crippen molar-refractivity contribution in [3.63, 3.8) is 0 Å². The van der Waals surface area contributed by atoms with Gasteiger partial charge in [-0.2, -0.15) is 26.3 Å². The quantitative estimate of drug-likeness (QED) is 0.430. The molecule has 19 heavy (non-hydrogen) atoms. The van der Waals surface area contributed by atoms with Crippen LogP contribution in [-0.4, -0.2) is 38.8 Å². The van der Waals surface area contributed by atoms with E-state index in [0.29, 0.717) is 13.1 Å². The third-order valence-corrected chi connectivity index (χ3v) is 10.8. The lowest BCUT2D eigenvalue weighted by Gasteiger charge is -2.30. The van der Waals surface area contributed by atoms with Crippen LogP contribution >= 0.6 is 11.1 Å². The Morgan fingerprint density at radius 3 is 1.16 bits per heavy atom. The molecule has 0 aliphatic heterocycles. The molecule has 0 aliphatic rings. The molecule has 0 N–H and O–H groups in total. The summed E-state index contributed by atoms with van der Waals surface area (Å²) in [5.74, 6) is 0. The largest absolute Gasteiger partial charge is 0.512 e. The van der Waals surface area contributed by atoms with E-state index in [9.17, 15) is 43.2 Å². The minimum Gasteiger partial charge on any atom is -0.202 e. The molecule has 0 unspecified atom stereocenters. The lowest BCUT2D eigenvalue weighted by Crippen LogP contribution is -2.58. The molecule has 0 aromatic carbocycles. The zero-order valence-corrected chi connectivity index (χ0v) is 12.4. The second kappa shape index (κ2) is 4.75. The van der Waals surface area contributed by atoms with Gasteiger partial charge in [-0.05, 0) is 13.1 Å². The van der Waals surface area contributed by atoms with Crippen LogP contribution < -0.4 is 0 Å². The molecule has 0 saturated carbocycles. The summed E-state index contributed by atoms with van der Waals surface area (Å²) in [5, 5.41) is 0. The molecule has 0 saturated heterocycles. The first kappa shape index (κ1) is 18.9. The molecule has 0 radical (unpaired) electrons. The fraction of sp³-hybridized carbons (Fsp3) is 1.00. The van der Waals surface area contributed by atoms with Gasteiger partial charge in [0.1, 0.15) is 0 Å². The van der Waals surface area contributed by atoms with Crippen molar-refractivity contribution in [2.75, 3.05) is 0 Å². The number of nitrogens with zero attached hydrogens (tertiary/aromatic N) is 1. The Hall–Kier alpha value is -0.0531. The molecule has 0 rings (SSSR count). The molecule has 0 atom stereocenters. The molecular weight excluding hydrogens is 368 g/mol. The van der Waals surface area contributed by atoms with E-state index in [4.69, 9.17) is 11.1 Å². The fourth-order valence-electron chi connectivity index (χ4n) is 0.889. The molecular formula is C4H6ClF6NO4S2Si. The number of sulfonamides is 2. The summed E-state index contributed by atoms with van der Waals surface area (Å²) >= 11 is 5.19. The van der Waals surface area contributed by atoms with Crippen molar-refractivity contribution in [1.29, 1.82) is 0 Å². The highest BCUT2D eigenvalue weighted by Gasteiger charge is 2.65. The molecule has 0 heterocycles. The molecule has 15 heteroatoms. The monoisotopic (exact) mass is 373 g/mol. The van der Waals surface area contributed by atoms with Crippen molar-refractivity contribution in [3.05, 3.63) is 0 Å². The molecule has 0 amide bonds. The van der Waals surface area contributed by atoms with Gasteiger partial charge in [-0.1, -0.05) is 3.38 Å². The van der Waals surface area contributed by atoms with E-state index in [2.05, 4.69) is 0 Å². The molecule has 0 spiro atoms. The van der Waals surface area contributed by atoms with E-state index in [1.165, 1.54) is 0 Å². The Labute approximate surface area is 110 Å². The van der Waals surface area contributed by atoms with E-state index in [1.807, 2.05) is 0 Å². The number of alkyl halides is 6. The average molecular weight is 374 g/mol. The zero-order chi connectivity index (χ0) is 16.1. The van der Waals surface area contributed by atoms with Crippen LogP contribution in [-0.2, 0) is 20.0 Å². The molecule has 0 fully saturated rings. The van der Waals surface area contributed by atoms with Gasteiger partial charge in [-0.15, -0.1) is 11.1 Å². The van der Waals surface area contributed by atoms with E-state index >= 15 is 0 Å². The Bertz CT molecular complexity index is 501. The van der Waals surface area contributed by atoms with E-state index in [-0.39, 0.29) is 0 Å². The molecule has 116 valence electrons. The Balaban J connectivity index is 6.41. The standard InChI is InChI=1S/C4H6ClF6NO4S2Si/c1-19(2,5)12(17(13,14)3(6,7)8)18(15,16)4(9,10)11/h1-2H3. The Morgan fingerprint density at radius 2 is 1.05 bits per heavy atom. The Kier molecular flexibility index (Phi) is 4.74. The van der Waals surface area contributed by atoms with Gasteiger partial charge in [0.15, 0.2) is 0 Å². The summed E-state index contributed by atoms with van der Waals surface area (Å²) in [7, 11) is -18.2. The van der Waals surface area contributed by atoms with Crippen molar-refractivity contribution in [1.82, 2.24) is 3.38 Å². The van der Waals surface area contributed by atoms with Crippen molar-refractivity contribution >= 4 is 38.7 Å². The van der Waals surface area contributed by atoms with Gasteiger partial charge in [0.2, 0.25) is 0 Å². The van der Waals surface area contributed by atoms with E-state index in [0.717, 1.165) is 0 Å². The second-order valence-corrected chi connectivity index (χ2v) is 14.0. The highest BCUT2D eigenvalue weighted by Crippen LogP contribution is 2.39. The van der Waals surface area contributed by atoms with Gasteiger partial charge in [0, 0.05) is 0 Å². The molecule has 0 bridgehead atoms. The molecule has 0 aromatic heterocycles. The molecule has 0 aromatic rings. The number of halogens is 7. The van der Waals surface area contributed by atoms with Gasteiger partial charge in [-0.25, -0.2) is 16.8 Å². The van der Waals surface area contributed by atoms with Gasteiger partial charge < -0.3 is 0 Å². The molecule has 0 aliphatic carbocycles. The Morgan fingerprint density at radius 1 is 0.842 bits per heavy atom. The van der Waals surface area contributed by atoms with E-state index < -0.39 is 42.0 Å². The van der Waals surface area contributed by atoms with Crippen LogP contribution in [0.4, 0.5) is 26.3 Å². The van der Waals surface area contributed by atoms with Crippen LogP contribution in [0.5, 0.6) is 0 Å². The summed E-state index contributed by atoms with van der Waals surface area (Å²) in [6.07, 6.45) is 0. The number of hydrogen-bond donors (Lipinski definition) is 0. The van der Waals surface area contributed by atoms with Crippen LogP contribution in [0.3, 0.4) is 0 Å². The first-order valence-corrected chi connectivity index (χ1v) is 10.8. The van der Waals surface area contributed by atoms with Crippen LogP contribution in [0.15, 0.2) is 0 Å². The van der Waals surface area contributed by atoms with Crippen LogP contribution in [0.25, 0.3) is 0 Å². The average Bonchev–Trinajstić information content (AvgIpc) is 1.93. The van der Waals surface area contributed by atoms with Crippen molar-refractivity contribution in [2.24, 2.45) is 0 Å². The second-order valence-electron chi connectivity index (χ2n) is 3.51. The fourth-order valence-corrected chi connectivity index (χ4v) is 9.63. The van der Waals surface area contributed by atoms with Crippen LogP contribution in [0.2, 0.25) is 13.1 Å². The van der Waals surface area contributed by atoms with Gasteiger partial charge >= 0.3 is 31.1 Å². The topological polar surface area (TPSA) is 71.5 Å². The SMILES string of the molecule is C[Si](C)(Cl)N(S(=O)(=O)C(F)(F)F)S(=O)(=O)C(F)(F)F. The lowest BCUT2D eigenvalue weighted by atomic mass is 11.6. The first-order chi connectivity index (χ1) is 7.87. The number of rotatable bonds is 3. The summed E-state index contributed by atoms with van der Waals surface area (Å²) < 4.78 is 116. The summed E-state index contributed by atoms with van der Waals surface area (Å²) in [5.41, 5.74) is -12.5. The van der Waals surface area contributed by atoms with Crippen molar-refractivity contribution in [2.45, 2.75) is 24.1 Å². The minimum absolute atomic E-state index is 0.487. The molecule has 5 nitrogen and oxygen atoms in total. The van der Waals surface area contributed by atoms with E-state index in [1.54, 1.807) is 0 Å². The van der Waals surface area contributed by atoms with Crippen LogP contribution in [0.1, 0.15) is 0 Å². The van der Waals surface area contributed by atoms with Crippen molar-refractivity contribution in [3.8, 4) is 0 Å². The number of hydrogen-bond acceptors (Lipinski definition) is 4. The zero-order valence-electron chi connectivity index (χ0n) is 9.04. The lowest BCUT2D eigenvalue weighted by molar-refractivity contribution is -0.0509. The highest BCUT2D eigenvalue weighted by atomic mass is 35.6. The van der Waals surface area contributed by atoms with Gasteiger partial charge in [0.25, 0.3) is 7.55 Å². The maximum Gasteiger partial charge on any atom is 0.512 e. The van der Waals surface area contributed by atoms with Gasteiger partial charge in [-0.3, -0.25) is 0 Å². The van der Waals surface area contributed by atoms with Crippen molar-refractivity contribution < 1.29 is 43.2 Å². The normalized spacial score (nSPS) is 15.9. The maximum absolute atomic E-state index is 12.2. The third kappa shape index (κ3) is 3.53. The van der Waals surface area contributed by atoms with Crippen LogP contribution in [0, 0.1) is 0 Å².